The molecule has 27 heavy (non-hydrogen) atoms. The van der Waals surface area contributed by atoms with Gasteiger partial charge in [0.05, 0.1) is 12.4 Å². The Hall–Kier alpha value is -2.12. The standard InChI is InChI=1S/C20H22N4OS2/c1-14-11-26-20(22-14)27-12-15-5-7-16(8-6-15)19(25)23-17-3-2-4-18(17)24-10-9-21-13-24/h5-11,13,17-18H,2-4,12H2,1H3,(H,23,25). The lowest BCUT2D eigenvalue weighted by Gasteiger charge is -2.22. The molecule has 4 rings (SSSR count). The predicted octanol–water partition coefficient (Wildman–Crippen LogP) is 4.46. The van der Waals surface area contributed by atoms with E-state index in [0.717, 1.165) is 35.0 Å². The van der Waals surface area contributed by atoms with E-state index in [0.29, 0.717) is 11.6 Å². The maximum absolute atomic E-state index is 12.7. The summed E-state index contributed by atoms with van der Waals surface area (Å²) in [5.74, 6) is 0.863. The highest BCUT2D eigenvalue weighted by Crippen LogP contribution is 2.30. The molecule has 2 unspecified atom stereocenters. The number of nitrogens with zero attached hydrogens (tertiary/aromatic N) is 3. The second-order valence-corrected chi connectivity index (χ2v) is 8.91. The van der Waals surface area contributed by atoms with Crippen LogP contribution in [0.15, 0.2) is 52.7 Å². The molecule has 3 aromatic rings. The summed E-state index contributed by atoms with van der Waals surface area (Å²) in [4.78, 5) is 21.3. The van der Waals surface area contributed by atoms with Gasteiger partial charge in [0.2, 0.25) is 0 Å². The molecule has 1 saturated carbocycles. The number of hydrogen-bond acceptors (Lipinski definition) is 5. The quantitative estimate of drug-likeness (QED) is 0.623. The number of carbonyl (C=O) groups is 1. The molecule has 0 aliphatic heterocycles. The Labute approximate surface area is 167 Å². The molecule has 1 fully saturated rings. The summed E-state index contributed by atoms with van der Waals surface area (Å²) >= 11 is 3.41. The molecule has 0 spiro atoms. The molecule has 2 heterocycles. The molecule has 7 heteroatoms. The lowest BCUT2D eigenvalue weighted by Crippen LogP contribution is -2.38. The van der Waals surface area contributed by atoms with Gasteiger partial charge in [0.25, 0.3) is 5.91 Å². The van der Waals surface area contributed by atoms with Crippen LogP contribution < -0.4 is 5.32 Å². The van der Waals surface area contributed by atoms with E-state index in [-0.39, 0.29) is 11.9 Å². The van der Waals surface area contributed by atoms with Gasteiger partial charge in [0.15, 0.2) is 0 Å². The highest BCUT2D eigenvalue weighted by molar-refractivity contribution is 8.00. The van der Waals surface area contributed by atoms with E-state index in [4.69, 9.17) is 0 Å². The van der Waals surface area contributed by atoms with Gasteiger partial charge in [-0.3, -0.25) is 4.79 Å². The molecule has 0 radical (unpaired) electrons. The minimum atomic E-state index is 0.00164. The number of carbonyl (C=O) groups excluding carboxylic acids is 1. The Morgan fingerprint density at radius 2 is 2.19 bits per heavy atom. The summed E-state index contributed by atoms with van der Waals surface area (Å²) in [5, 5.41) is 5.28. The van der Waals surface area contributed by atoms with Crippen LogP contribution in [0.25, 0.3) is 0 Å². The lowest BCUT2D eigenvalue weighted by atomic mass is 10.1. The molecule has 5 nitrogen and oxygen atoms in total. The van der Waals surface area contributed by atoms with Gasteiger partial charge in [-0.05, 0) is 43.9 Å². The van der Waals surface area contributed by atoms with Crippen molar-refractivity contribution in [1.82, 2.24) is 19.9 Å². The first-order valence-electron chi connectivity index (χ1n) is 9.11. The third kappa shape index (κ3) is 4.42. The molecule has 1 aromatic carbocycles. The van der Waals surface area contributed by atoms with Crippen molar-refractivity contribution in [3.63, 3.8) is 0 Å². The number of amides is 1. The van der Waals surface area contributed by atoms with Crippen molar-refractivity contribution in [2.75, 3.05) is 0 Å². The summed E-state index contributed by atoms with van der Waals surface area (Å²) in [7, 11) is 0. The van der Waals surface area contributed by atoms with Crippen LogP contribution in [-0.4, -0.2) is 26.5 Å². The lowest BCUT2D eigenvalue weighted by molar-refractivity contribution is 0.0929. The maximum Gasteiger partial charge on any atom is 0.251 e. The first-order valence-corrected chi connectivity index (χ1v) is 11.0. The average Bonchev–Trinajstić information content (AvgIpc) is 3.42. The number of imidazole rings is 1. The molecule has 2 atom stereocenters. The first kappa shape index (κ1) is 18.3. The molecule has 1 amide bonds. The van der Waals surface area contributed by atoms with E-state index < -0.39 is 0 Å². The SMILES string of the molecule is Cc1csc(SCc2ccc(C(=O)NC3CCCC3n3ccnc3)cc2)n1. The van der Waals surface area contributed by atoms with Crippen LogP contribution in [0.3, 0.4) is 0 Å². The van der Waals surface area contributed by atoms with Gasteiger partial charge in [-0.1, -0.05) is 23.9 Å². The molecule has 0 bridgehead atoms. The van der Waals surface area contributed by atoms with Gasteiger partial charge < -0.3 is 9.88 Å². The molecular formula is C20H22N4OS2. The third-order valence-corrected chi connectivity index (χ3v) is 7.09. The van der Waals surface area contributed by atoms with Gasteiger partial charge in [-0.2, -0.15) is 0 Å². The van der Waals surface area contributed by atoms with Gasteiger partial charge in [0, 0.05) is 40.8 Å². The van der Waals surface area contributed by atoms with Crippen LogP contribution in [0, 0.1) is 6.92 Å². The fourth-order valence-corrected chi connectivity index (χ4v) is 5.28. The average molecular weight is 399 g/mol. The summed E-state index contributed by atoms with van der Waals surface area (Å²) in [5.41, 5.74) is 2.97. The molecule has 0 saturated heterocycles. The fraction of sp³-hybridized carbons (Fsp3) is 0.350. The van der Waals surface area contributed by atoms with Crippen LogP contribution in [-0.2, 0) is 5.75 Å². The van der Waals surface area contributed by atoms with Crippen LogP contribution in [0.2, 0.25) is 0 Å². The summed E-state index contributed by atoms with van der Waals surface area (Å²) < 4.78 is 3.19. The molecule has 1 N–H and O–H groups in total. The van der Waals surface area contributed by atoms with E-state index in [2.05, 4.69) is 25.2 Å². The summed E-state index contributed by atoms with van der Waals surface area (Å²) in [6.07, 6.45) is 8.82. The van der Waals surface area contributed by atoms with E-state index in [9.17, 15) is 4.79 Å². The Bertz CT molecular complexity index is 889. The van der Waals surface area contributed by atoms with Crippen LogP contribution >= 0.6 is 23.1 Å². The normalized spacial score (nSPS) is 19.3. The second-order valence-electron chi connectivity index (χ2n) is 6.83. The predicted molar refractivity (Wildman–Crippen MR) is 109 cm³/mol. The molecule has 1 aliphatic rings. The van der Waals surface area contributed by atoms with Crippen LogP contribution in [0.4, 0.5) is 0 Å². The monoisotopic (exact) mass is 398 g/mol. The van der Waals surface area contributed by atoms with Gasteiger partial charge in [-0.15, -0.1) is 11.3 Å². The Balaban J connectivity index is 1.35. The van der Waals surface area contributed by atoms with Crippen molar-refractivity contribution in [3.05, 3.63) is 65.2 Å². The number of hydrogen-bond donors (Lipinski definition) is 1. The maximum atomic E-state index is 12.7. The van der Waals surface area contributed by atoms with Crippen molar-refractivity contribution < 1.29 is 4.79 Å². The van der Waals surface area contributed by atoms with E-state index in [1.54, 1.807) is 29.3 Å². The van der Waals surface area contributed by atoms with E-state index >= 15 is 0 Å². The minimum Gasteiger partial charge on any atom is -0.347 e. The Kier molecular flexibility index (Phi) is 5.59. The number of thiazole rings is 1. The zero-order valence-electron chi connectivity index (χ0n) is 15.2. The number of thioether (sulfide) groups is 1. The number of aryl methyl sites for hydroxylation is 1. The Morgan fingerprint density at radius 3 is 2.89 bits per heavy atom. The second kappa shape index (κ2) is 8.27. The van der Waals surface area contributed by atoms with Crippen molar-refractivity contribution in [2.24, 2.45) is 0 Å². The third-order valence-electron chi connectivity index (χ3n) is 4.88. The minimum absolute atomic E-state index is 0.00164. The number of nitrogens with one attached hydrogen (secondary N) is 1. The molecule has 140 valence electrons. The van der Waals surface area contributed by atoms with Crippen LogP contribution in [0.1, 0.15) is 46.9 Å². The fourth-order valence-electron chi connectivity index (χ4n) is 3.48. The van der Waals surface area contributed by atoms with Crippen molar-refractivity contribution in [3.8, 4) is 0 Å². The Morgan fingerprint density at radius 1 is 1.33 bits per heavy atom. The number of benzene rings is 1. The van der Waals surface area contributed by atoms with Gasteiger partial charge in [0.1, 0.15) is 4.34 Å². The topological polar surface area (TPSA) is 59.8 Å². The zero-order valence-corrected chi connectivity index (χ0v) is 16.8. The summed E-state index contributed by atoms with van der Waals surface area (Å²) in [6.45, 7) is 2.01. The van der Waals surface area contributed by atoms with E-state index in [1.807, 2.05) is 43.7 Å². The van der Waals surface area contributed by atoms with Crippen molar-refractivity contribution in [1.29, 1.82) is 0 Å². The molecule has 1 aliphatic carbocycles. The van der Waals surface area contributed by atoms with Crippen molar-refractivity contribution >= 4 is 29.0 Å². The van der Waals surface area contributed by atoms with E-state index in [1.165, 1.54) is 5.56 Å². The van der Waals surface area contributed by atoms with Crippen LogP contribution in [0.5, 0.6) is 0 Å². The molecular weight excluding hydrogens is 376 g/mol. The largest absolute Gasteiger partial charge is 0.347 e. The highest BCUT2D eigenvalue weighted by atomic mass is 32.2. The highest BCUT2D eigenvalue weighted by Gasteiger charge is 2.29. The van der Waals surface area contributed by atoms with Gasteiger partial charge >= 0.3 is 0 Å². The van der Waals surface area contributed by atoms with Crippen molar-refractivity contribution in [2.45, 2.75) is 48.4 Å². The van der Waals surface area contributed by atoms with Gasteiger partial charge in [-0.25, -0.2) is 9.97 Å². The number of aromatic nitrogens is 3. The zero-order chi connectivity index (χ0) is 18.6. The summed E-state index contributed by atoms with van der Waals surface area (Å²) in [6, 6.07) is 8.36. The molecule has 2 aromatic heterocycles. The smallest absolute Gasteiger partial charge is 0.251 e. The first-order chi connectivity index (χ1) is 13.2. The number of rotatable bonds is 6.